The van der Waals surface area contributed by atoms with Gasteiger partial charge in [0, 0.05) is 26.7 Å². The quantitative estimate of drug-likeness (QED) is 0.230. The second-order valence-corrected chi connectivity index (χ2v) is 8.83. The minimum Gasteiger partial charge on any atom is -0.357 e. The van der Waals surface area contributed by atoms with Gasteiger partial charge in [-0.1, -0.05) is 42.5 Å². The lowest BCUT2D eigenvalue weighted by Crippen LogP contribution is -2.38. The van der Waals surface area contributed by atoms with Crippen molar-refractivity contribution in [3.8, 4) is 0 Å². The Kier molecular flexibility index (Phi) is 11.2. The highest BCUT2D eigenvalue weighted by Crippen LogP contribution is 2.08. The van der Waals surface area contributed by atoms with Crippen LogP contribution in [-0.2, 0) is 22.1 Å². The summed E-state index contributed by atoms with van der Waals surface area (Å²) in [6.07, 6.45) is 0.467. The molecule has 0 atom stereocenters. The topological polar surface area (TPSA) is 61.8 Å². The van der Waals surface area contributed by atoms with Crippen LogP contribution in [0.4, 0.5) is 4.39 Å². The van der Waals surface area contributed by atoms with E-state index in [1.54, 1.807) is 12.1 Å². The van der Waals surface area contributed by atoms with Crippen molar-refractivity contribution in [1.29, 1.82) is 0 Å². The van der Waals surface area contributed by atoms with E-state index in [9.17, 15) is 12.8 Å². The summed E-state index contributed by atoms with van der Waals surface area (Å²) in [5.74, 6) is 0.602. The zero-order valence-corrected chi connectivity index (χ0v) is 20.0. The molecular weight excluding hydrogens is 504 g/mol. The molecule has 5 nitrogen and oxygen atoms in total. The number of aliphatic imine (C=N–C) groups is 1. The summed E-state index contributed by atoms with van der Waals surface area (Å²) in [6, 6.07) is 15.6. The van der Waals surface area contributed by atoms with Gasteiger partial charge in [-0.3, -0.25) is 4.99 Å². The van der Waals surface area contributed by atoms with Crippen LogP contribution in [0, 0.1) is 5.82 Å². The van der Waals surface area contributed by atoms with Crippen molar-refractivity contribution in [3.63, 3.8) is 0 Å². The van der Waals surface area contributed by atoms with Crippen LogP contribution in [0.25, 0.3) is 0 Å². The number of rotatable bonds is 9. The zero-order valence-electron chi connectivity index (χ0n) is 16.8. The number of guanidine groups is 1. The predicted octanol–water partition coefficient (Wildman–Crippen LogP) is 3.85. The molecule has 2 rings (SSSR count). The number of benzene rings is 2. The van der Waals surface area contributed by atoms with Gasteiger partial charge in [-0.05, 0) is 36.6 Å². The average molecular weight is 533 g/mol. The van der Waals surface area contributed by atoms with Crippen LogP contribution in [0.1, 0.15) is 24.5 Å². The molecule has 0 aromatic heterocycles. The van der Waals surface area contributed by atoms with Crippen LogP contribution in [0.3, 0.4) is 0 Å². The molecule has 0 aliphatic heterocycles. The van der Waals surface area contributed by atoms with E-state index in [1.165, 1.54) is 12.1 Å². The summed E-state index contributed by atoms with van der Waals surface area (Å²) < 4.78 is 37.6. The van der Waals surface area contributed by atoms with Gasteiger partial charge < -0.3 is 10.2 Å². The summed E-state index contributed by atoms with van der Waals surface area (Å²) >= 11 is 0. The van der Waals surface area contributed by atoms with E-state index < -0.39 is 9.84 Å². The maximum absolute atomic E-state index is 13.0. The van der Waals surface area contributed by atoms with E-state index in [4.69, 9.17) is 0 Å². The molecule has 0 aliphatic carbocycles. The van der Waals surface area contributed by atoms with Crippen LogP contribution in [-0.4, -0.2) is 45.2 Å². The van der Waals surface area contributed by atoms with Crippen LogP contribution in [0.2, 0.25) is 0 Å². The molecule has 0 aliphatic rings. The normalized spacial score (nSPS) is 11.6. The Labute approximate surface area is 190 Å². The zero-order chi connectivity index (χ0) is 20.4. The summed E-state index contributed by atoms with van der Waals surface area (Å²) in [5.41, 5.74) is 1.78. The maximum atomic E-state index is 13.0. The number of halogens is 2. The van der Waals surface area contributed by atoms with Crippen LogP contribution in [0.5, 0.6) is 0 Å². The molecule has 0 fully saturated rings. The predicted molar refractivity (Wildman–Crippen MR) is 128 cm³/mol. The Morgan fingerprint density at radius 2 is 1.72 bits per heavy atom. The van der Waals surface area contributed by atoms with E-state index in [0.29, 0.717) is 32.0 Å². The van der Waals surface area contributed by atoms with Gasteiger partial charge in [-0.25, -0.2) is 12.8 Å². The van der Waals surface area contributed by atoms with Crippen LogP contribution in [0.15, 0.2) is 59.6 Å². The van der Waals surface area contributed by atoms with Crippen LogP contribution < -0.4 is 5.32 Å². The van der Waals surface area contributed by atoms with Crippen molar-refractivity contribution in [2.24, 2.45) is 4.99 Å². The van der Waals surface area contributed by atoms with Gasteiger partial charge in [0.15, 0.2) is 15.8 Å². The molecule has 0 heterocycles. The molecule has 29 heavy (non-hydrogen) atoms. The summed E-state index contributed by atoms with van der Waals surface area (Å²) in [6.45, 7) is 3.69. The standard InChI is InChI=1S/C21H28FN3O2S.HI/c1-3-23-21(25(2)16-18-10-12-20(22)13-11-18)24-14-7-15-28(26,27)17-19-8-5-4-6-9-19;/h4-6,8-13H,3,7,14-17H2,1-2H3,(H,23,24);1H. The molecule has 0 unspecified atom stereocenters. The van der Waals surface area contributed by atoms with Crippen molar-refractivity contribution in [1.82, 2.24) is 10.2 Å². The van der Waals surface area contributed by atoms with Gasteiger partial charge >= 0.3 is 0 Å². The van der Waals surface area contributed by atoms with E-state index in [2.05, 4.69) is 10.3 Å². The third-order valence-electron chi connectivity index (χ3n) is 4.13. The van der Waals surface area contributed by atoms with Crippen molar-refractivity contribution >= 4 is 39.8 Å². The summed E-state index contributed by atoms with van der Waals surface area (Å²) in [4.78, 5) is 6.47. The van der Waals surface area contributed by atoms with Gasteiger partial charge in [0.05, 0.1) is 11.5 Å². The Morgan fingerprint density at radius 1 is 1.07 bits per heavy atom. The minimum atomic E-state index is -3.16. The number of sulfone groups is 1. The summed E-state index contributed by atoms with van der Waals surface area (Å²) in [5, 5.41) is 3.20. The van der Waals surface area contributed by atoms with E-state index in [0.717, 1.165) is 11.1 Å². The van der Waals surface area contributed by atoms with Gasteiger partial charge in [0.2, 0.25) is 0 Å². The fraction of sp³-hybridized carbons (Fsp3) is 0.381. The van der Waals surface area contributed by atoms with Crippen molar-refractivity contribution in [2.75, 3.05) is 25.9 Å². The van der Waals surface area contributed by atoms with Crippen molar-refractivity contribution < 1.29 is 12.8 Å². The largest absolute Gasteiger partial charge is 0.357 e. The number of nitrogens with one attached hydrogen (secondary N) is 1. The lowest BCUT2D eigenvalue weighted by Gasteiger charge is -2.22. The lowest BCUT2D eigenvalue weighted by molar-refractivity contribution is 0.476. The molecule has 2 aromatic carbocycles. The van der Waals surface area contributed by atoms with E-state index in [1.807, 2.05) is 49.2 Å². The molecule has 8 heteroatoms. The highest BCUT2D eigenvalue weighted by Gasteiger charge is 2.12. The Bertz CT molecular complexity index is 859. The molecule has 0 radical (unpaired) electrons. The first-order chi connectivity index (χ1) is 13.4. The SMILES string of the molecule is CCNC(=NCCCS(=O)(=O)Cc1ccccc1)N(C)Cc1ccc(F)cc1.I. The first kappa shape index (κ1) is 25.4. The van der Waals surface area contributed by atoms with Crippen molar-refractivity contribution in [2.45, 2.75) is 25.6 Å². The fourth-order valence-electron chi connectivity index (χ4n) is 2.78. The summed E-state index contributed by atoms with van der Waals surface area (Å²) in [7, 11) is -1.26. The Hall–Kier alpha value is -1.68. The third kappa shape index (κ3) is 9.58. The second-order valence-electron chi connectivity index (χ2n) is 6.65. The third-order valence-corrected chi connectivity index (χ3v) is 5.82. The van der Waals surface area contributed by atoms with E-state index in [-0.39, 0.29) is 41.3 Å². The second kappa shape index (κ2) is 12.8. The minimum absolute atomic E-state index is 0. The van der Waals surface area contributed by atoms with Crippen LogP contribution >= 0.6 is 24.0 Å². The number of hydrogen-bond acceptors (Lipinski definition) is 3. The van der Waals surface area contributed by atoms with Gasteiger partial charge in [0.1, 0.15) is 5.82 Å². The molecule has 1 N–H and O–H groups in total. The molecule has 0 bridgehead atoms. The average Bonchev–Trinajstić information content (AvgIpc) is 2.66. The fourth-order valence-corrected chi connectivity index (χ4v) is 4.19. The van der Waals surface area contributed by atoms with Gasteiger partial charge in [-0.15, -0.1) is 24.0 Å². The smallest absolute Gasteiger partial charge is 0.193 e. The molecule has 0 amide bonds. The van der Waals surface area contributed by atoms with Gasteiger partial charge in [-0.2, -0.15) is 0 Å². The molecular formula is C21H29FIN3O2S. The highest BCUT2D eigenvalue weighted by molar-refractivity contribution is 14.0. The molecule has 2 aromatic rings. The molecule has 0 saturated carbocycles. The monoisotopic (exact) mass is 533 g/mol. The Morgan fingerprint density at radius 3 is 2.34 bits per heavy atom. The lowest BCUT2D eigenvalue weighted by atomic mass is 10.2. The molecule has 0 saturated heterocycles. The number of hydrogen-bond donors (Lipinski definition) is 1. The van der Waals surface area contributed by atoms with Gasteiger partial charge in [0.25, 0.3) is 0 Å². The number of nitrogens with zero attached hydrogens (tertiary/aromatic N) is 2. The Balaban J connectivity index is 0.00000420. The van der Waals surface area contributed by atoms with E-state index >= 15 is 0 Å². The first-order valence-electron chi connectivity index (χ1n) is 9.38. The molecule has 0 spiro atoms. The first-order valence-corrected chi connectivity index (χ1v) is 11.2. The molecule has 160 valence electrons. The highest BCUT2D eigenvalue weighted by atomic mass is 127. The maximum Gasteiger partial charge on any atom is 0.193 e. The van der Waals surface area contributed by atoms with Crippen molar-refractivity contribution in [3.05, 3.63) is 71.5 Å².